The minimum atomic E-state index is -3.62. The van der Waals surface area contributed by atoms with Gasteiger partial charge in [0.15, 0.2) is 0 Å². The first kappa shape index (κ1) is 13.7. The lowest BCUT2D eigenvalue weighted by molar-refractivity contribution is 0.0696. The summed E-state index contributed by atoms with van der Waals surface area (Å²) in [5, 5.41) is 8.98. The van der Waals surface area contributed by atoms with E-state index in [0.717, 1.165) is 11.1 Å². The number of hydrogen-bond acceptors (Lipinski definition) is 4. The Morgan fingerprint density at radius 1 is 1.19 bits per heavy atom. The zero-order chi connectivity index (χ0) is 15.0. The van der Waals surface area contributed by atoms with Gasteiger partial charge in [-0.2, -0.15) is 4.31 Å². The summed E-state index contributed by atoms with van der Waals surface area (Å²) in [6, 6.07) is 7.74. The highest BCUT2D eigenvalue weighted by molar-refractivity contribution is 7.89. The van der Waals surface area contributed by atoms with Crippen LogP contribution in [0.25, 0.3) is 0 Å². The Labute approximate surface area is 121 Å². The largest absolute Gasteiger partial charge is 0.478 e. The number of benzene rings is 1. The second-order valence-electron chi connectivity index (χ2n) is 4.75. The Kier molecular flexibility index (Phi) is 3.23. The molecule has 1 aromatic heterocycles. The average Bonchev–Trinajstić information content (AvgIpc) is 2.91. The molecule has 0 saturated carbocycles. The van der Waals surface area contributed by atoms with Gasteiger partial charge in [-0.05, 0) is 35.4 Å². The normalized spacial score (nSPS) is 14.9. The molecule has 0 fully saturated rings. The smallest absolute Gasteiger partial charge is 0.335 e. The number of fused-ring (bicyclic) bond motifs is 1. The number of aromatic nitrogens is 1. The molecule has 1 N–H and O–H groups in total. The Bertz CT molecular complexity index is 803. The van der Waals surface area contributed by atoms with Gasteiger partial charge in [0.2, 0.25) is 10.0 Å². The van der Waals surface area contributed by atoms with E-state index in [1.54, 1.807) is 12.1 Å². The van der Waals surface area contributed by atoms with E-state index in [0.29, 0.717) is 0 Å². The monoisotopic (exact) mass is 304 g/mol. The molecule has 1 aliphatic heterocycles. The summed E-state index contributed by atoms with van der Waals surface area (Å²) in [6.45, 7) is 0.417. The van der Waals surface area contributed by atoms with Crippen molar-refractivity contribution in [2.45, 2.75) is 18.0 Å². The van der Waals surface area contributed by atoms with Gasteiger partial charge in [-0.3, -0.25) is 4.98 Å². The topological polar surface area (TPSA) is 87.6 Å². The van der Waals surface area contributed by atoms with Crippen LogP contribution >= 0.6 is 0 Å². The maximum Gasteiger partial charge on any atom is 0.335 e. The molecule has 0 saturated heterocycles. The third-order valence-corrected chi connectivity index (χ3v) is 5.19. The summed E-state index contributed by atoms with van der Waals surface area (Å²) >= 11 is 0. The Morgan fingerprint density at radius 2 is 1.95 bits per heavy atom. The lowest BCUT2D eigenvalue weighted by Gasteiger charge is -2.15. The second-order valence-corrected chi connectivity index (χ2v) is 6.69. The van der Waals surface area contributed by atoms with Crippen LogP contribution in [-0.4, -0.2) is 28.8 Å². The molecule has 0 bridgehead atoms. The Balaban J connectivity index is 1.93. The highest BCUT2D eigenvalue weighted by Crippen LogP contribution is 2.29. The molecule has 6 nitrogen and oxygen atoms in total. The fourth-order valence-electron chi connectivity index (χ4n) is 2.31. The average molecular weight is 304 g/mol. The van der Waals surface area contributed by atoms with Crippen LogP contribution in [0.2, 0.25) is 0 Å². The quantitative estimate of drug-likeness (QED) is 0.928. The zero-order valence-electron chi connectivity index (χ0n) is 10.9. The van der Waals surface area contributed by atoms with Crippen LogP contribution in [0.3, 0.4) is 0 Å². The van der Waals surface area contributed by atoms with Gasteiger partial charge in [-0.25, -0.2) is 13.2 Å². The van der Waals surface area contributed by atoms with Gasteiger partial charge in [0.05, 0.1) is 5.56 Å². The van der Waals surface area contributed by atoms with Crippen molar-refractivity contribution in [3.63, 3.8) is 0 Å². The lowest BCUT2D eigenvalue weighted by Crippen LogP contribution is -2.25. The molecule has 0 unspecified atom stereocenters. The van der Waals surface area contributed by atoms with Gasteiger partial charge in [0, 0.05) is 25.5 Å². The number of carbonyl (C=O) groups is 1. The van der Waals surface area contributed by atoms with Gasteiger partial charge in [-0.15, -0.1) is 0 Å². The summed E-state index contributed by atoms with van der Waals surface area (Å²) in [7, 11) is -3.62. The number of nitrogens with zero attached hydrogens (tertiary/aromatic N) is 2. The highest BCUT2D eigenvalue weighted by Gasteiger charge is 2.31. The molecule has 0 atom stereocenters. The van der Waals surface area contributed by atoms with Gasteiger partial charge >= 0.3 is 5.97 Å². The van der Waals surface area contributed by atoms with Crippen molar-refractivity contribution in [3.05, 3.63) is 59.4 Å². The molecule has 0 aliphatic carbocycles. The maximum absolute atomic E-state index is 12.5. The summed E-state index contributed by atoms with van der Waals surface area (Å²) in [6.07, 6.45) is 2.82. The standard InChI is InChI=1S/C14H12N2O4S/c17-14(18)10-3-4-11-8-16(9-12(11)6-10)21(19,20)13-2-1-5-15-7-13/h1-7H,8-9H2,(H,17,18). The number of carboxylic acids is 1. The van der Waals surface area contributed by atoms with Gasteiger partial charge in [0.25, 0.3) is 0 Å². The molecule has 21 heavy (non-hydrogen) atoms. The summed E-state index contributed by atoms with van der Waals surface area (Å²) in [5.74, 6) is -1.02. The molecular formula is C14H12N2O4S. The molecule has 0 radical (unpaired) electrons. The van der Waals surface area contributed by atoms with E-state index >= 15 is 0 Å². The number of pyridine rings is 1. The molecule has 0 amide bonds. The fraction of sp³-hybridized carbons (Fsp3) is 0.143. The van der Waals surface area contributed by atoms with Crippen molar-refractivity contribution in [1.29, 1.82) is 0 Å². The third kappa shape index (κ3) is 2.41. The minimum Gasteiger partial charge on any atom is -0.478 e. The number of carboxylic acid groups (broad SMARTS) is 1. The predicted molar refractivity (Wildman–Crippen MR) is 74.1 cm³/mol. The number of sulfonamides is 1. The van der Waals surface area contributed by atoms with Crippen molar-refractivity contribution >= 4 is 16.0 Å². The predicted octanol–water partition coefficient (Wildman–Crippen LogP) is 1.48. The Morgan fingerprint density at radius 3 is 2.62 bits per heavy atom. The van der Waals surface area contributed by atoms with Crippen molar-refractivity contribution in [2.75, 3.05) is 0 Å². The van der Waals surface area contributed by atoms with E-state index in [2.05, 4.69) is 4.98 Å². The van der Waals surface area contributed by atoms with Crippen LogP contribution in [-0.2, 0) is 23.1 Å². The van der Waals surface area contributed by atoms with Crippen LogP contribution in [0.4, 0.5) is 0 Å². The van der Waals surface area contributed by atoms with E-state index in [1.165, 1.54) is 34.9 Å². The van der Waals surface area contributed by atoms with E-state index in [-0.39, 0.29) is 23.5 Å². The molecule has 1 aromatic carbocycles. The SMILES string of the molecule is O=C(O)c1ccc2c(c1)CN(S(=O)(=O)c1cccnc1)C2. The fourth-order valence-corrected chi connectivity index (χ4v) is 3.68. The summed E-state index contributed by atoms with van der Waals surface area (Å²) < 4.78 is 26.3. The second kappa shape index (κ2) is 4.94. The maximum atomic E-state index is 12.5. The third-order valence-electron chi connectivity index (χ3n) is 3.42. The van der Waals surface area contributed by atoms with Gasteiger partial charge < -0.3 is 5.11 Å². The summed E-state index contributed by atoms with van der Waals surface area (Å²) in [4.78, 5) is 14.9. The first-order chi connectivity index (χ1) is 9.98. The molecule has 2 aromatic rings. The van der Waals surface area contributed by atoms with Crippen LogP contribution in [0.1, 0.15) is 21.5 Å². The molecule has 108 valence electrons. The van der Waals surface area contributed by atoms with Crippen molar-refractivity contribution in [1.82, 2.24) is 9.29 Å². The van der Waals surface area contributed by atoms with Crippen LogP contribution in [0.15, 0.2) is 47.6 Å². The lowest BCUT2D eigenvalue weighted by atomic mass is 10.1. The van der Waals surface area contributed by atoms with Crippen LogP contribution < -0.4 is 0 Å². The van der Waals surface area contributed by atoms with Gasteiger partial charge in [-0.1, -0.05) is 6.07 Å². The minimum absolute atomic E-state index is 0.135. The van der Waals surface area contributed by atoms with E-state index < -0.39 is 16.0 Å². The molecule has 0 spiro atoms. The number of rotatable bonds is 3. The van der Waals surface area contributed by atoms with Crippen molar-refractivity contribution in [2.24, 2.45) is 0 Å². The molecule has 7 heteroatoms. The summed E-state index contributed by atoms with van der Waals surface area (Å²) in [5.41, 5.74) is 1.71. The van der Waals surface area contributed by atoms with E-state index in [4.69, 9.17) is 5.11 Å². The van der Waals surface area contributed by atoms with Gasteiger partial charge in [0.1, 0.15) is 4.90 Å². The first-order valence-electron chi connectivity index (χ1n) is 6.24. The van der Waals surface area contributed by atoms with Crippen LogP contribution in [0.5, 0.6) is 0 Å². The molecule has 1 aliphatic rings. The van der Waals surface area contributed by atoms with Crippen molar-refractivity contribution < 1.29 is 18.3 Å². The van der Waals surface area contributed by atoms with E-state index in [1.807, 2.05) is 0 Å². The molecule has 2 heterocycles. The Hall–Kier alpha value is -2.25. The highest BCUT2D eigenvalue weighted by atomic mass is 32.2. The number of aromatic carboxylic acids is 1. The molecule has 3 rings (SSSR count). The number of hydrogen-bond donors (Lipinski definition) is 1. The first-order valence-corrected chi connectivity index (χ1v) is 7.68. The zero-order valence-corrected chi connectivity index (χ0v) is 11.7. The van der Waals surface area contributed by atoms with Crippen molar-refractivity contribution in [3.8, 4) is 0 Å². The van der Waals surface area contributed by atoms with E-state index in [9.17, 15) is 13.2 Å². The van der Waals surface area contributed by atoms with Crippen LogP contribution in [0, 0.1) is 0 Å². The molecular weight excluding hydrogens is 292 g/mol.